The van der Waals surface area contributed by atoms with Crippen LogP contribution in [-0.4, -0.2) is 40.0 Å². The molecule has 10 heteroatoms. The SMILES string of the molecule is O=C(O)CCCCC(=O)NCCNc1nccc(C(F)(F)F)n1. The summed E-state index contributed by atoms with van der Waals surface area (Å²) in [7, 11) is 0. The first-order valence-corrected chi connectivity index (χ1v) is 6.91. The first-order valence-electron chi connectivity index (χ1n) is 6.91. The van der Waals surface area contributed by atoms with Crippen molar-refractivity contribution in [3.05, 3.63) is 18.0 Å². The fraction of sp³-hybridized carbons (Fsp3) is 0.538. The summed E-state index contributed by atoms with van der Waals surface area (Å²) < 4.78 is 37.3. The molecule has 7 nitrogen and oxygen atoms in total. The van der Waals surface area contributed by atoms with Crippen molar-refractivity contribution in [3.63, 3.8) is 0 Å². The summed E-state index contributed by atoms with van der Waals surface area (Å²) in [5, 5.41) is 13.6. The minimum Gasteiger partial charge on any atom is -0.481 e. The van der Waals surface area contributed by atoms with Gasteiger partial charge in [0, 0.05) is 32.1 Å². The van der Waals surface area contributed by atoms with E-state index in [0.29, 0.717) is 12.8 Å². The molecule has 0 radical (unpaired) electrons. The lowest BCUT2D eigenvalue weighted by Gasteiger charge is -2.09. The highest BCUT2D eigenvalue weighted by atomic mass is 19.4. The predicted molar refractivity (Wildman–Crippen MR) is 74.6 cm³/mol. The Labute approximate surface area is 130 Å². The summed E-state index contributed by atoms with van der Waals surface area (Å²) in [5.41, 5.74) is -1.04. The molecule has 0 aliphatic heterocycles. The number of rotatable bonds is 9. The molecule has 128 valence electrons. The summed E-state index contributed by atoms with van der Waals surface area (Å²) in [4.78, 5) is 28.7. The number of aliphatic carboxylic acids is 1. The molecule has 1 aromatic heterocycles. The van der Waals surface area contributed by atoms with Gasteiger partial charge in [0.2, 0.25) is 11.9 Å². The molecule has 0 unspecified atom stereocenters. The van der Waals surface area contributed by atoms with E-state index in [1.165, 1.54) is 0 Å². The molecule has 23 heavy (non-hydrogen) atoms. The van der Waals surface area contributed by atoms with Crippen molar-refractivity contribution >= 4 is 17.8 Å². The van der Waals surface area contributed by atoms with Gasteiger partial charge in [-0.1, -0.05) is 0 Å². The molecule has 0 bridgehead atoms. The average molecular weight is 334 g/mol. The fourth-order valence-corrected chi connectivity index (χ4v) is 1.63. The maximum Gasteiger partial charge on any atom is 0.433 e. The molecular weight excluding hydrogens is 317 g/mol. The van der Waals surface area contributed by atoms with Gasteiger partial charge in [-0.15, -0.1) is 0 Å². The second-order valence-corrected chi connectivity index (χ2v) is 4.64. The normalized spacial score (nSPS) is 11.1. The van der Waals surface area contributed by atoms with Gasteiger partial charge in [0.25, 0.3) is 0 Å². The second kappa shape index (κ2) is 8.91. The number of amides is 1. The summed E-state index contributed by atoms with van der Waals surface area (Å²) in [6.45, 7) is 0.361. The highest BCUT2D eigenvalue weighted by Crippen LogP contribution is 2.27. The lowest BCUT2D eigenvalue weighted by molar-refractivity contribution is -0.141. The molecule has 0 saturated heterocycles. The number of alkyl halides is 3. The topological polar surface area (TPSA) is 104 Å². The molecule has 1 amide bonds. The molecule has 0 aromatic carbocycles. The van der Waals surface area contributed by atoms with Crippen LogP contribution in [-0.2, 0) is 15.8 Å². The zero-order valence-electron chi connectivity index (χ0n) is 12.2. The van der Waals surface area contributed by atoms with Gasteiger partial charge in [-0.05, 0) is 18.9 Å². The molecular formula is C13H17F3N4O3. The molecule has 0 atom stereocenters. The van der Waals surface area contributed by atoms with E-state index in [1.54, 1.807) is 0 Å². The minimum absolute atomic E-state index is 0.0156. The van der Waals surface area contributed by atoms with Crippen molar-refractivity contribution in [1.82, 2.24) is 15.3 Å². The lowest BCUT2D eigenvalue weighted by Crippen LogP contribution is -2.29. The number of carbonyl (C=O) groups excluding carboxylic acids is 1. The van der Waals surface area contributed by atoms with Crippen LogP contribution < -0.4 is 10.6 Å². The van der Waals surface area contributed by atoms with Gasteiger partial charge in [-0.25, -0.2) is 9.97 Å². The van der Waals surface area contributed by atoms with Crippen LogP contribution >= 0.6 is 0 Å². The van der Waals surface area contributed by atoms with Crippen LogP contribution in [0.3, 0.4) is 0 Å². The van der Waals surface area contributed by atoms with E-state index in [1.807, 2.05) is 0 Å². The van der Waals surface area contributed by atoms with Gasteiger partial charge in [-0.3, -0.25) is 9.59 Å². The zero-order valence-corrected chi connectivity index (χ0v) is 12.2. The number of hydrogen-bond acceptors (Lipinski definition) is 5. The van der Waals surface area contributed by atoms with Gasteiger partial charge in [0.1, 0.15) is 5.69 Å². The number of carboxylic acid groups (broad SMARTS) is 1. The van der Waals surface area contributed by atoms with Crippen LogP contribution in [0.5, 0.6) is 0 Å². The van der Waals surface area contributed by atoms with Gasteiger partial charge < -0.3 is 15.7 Å². The Balaban J connectivity index is 2.22. The molecule has 0 aliphatic carbocycles. The smallest absolute Gasteiger partial charge is 0.433 e. The third-order valence-corrected chi connectivity index (χ3v) is 2.72. The highest BCUT2D eigenvalue weighted by Gasteiger charge is 2.32. The summed E-state index contributed by atoms with van der Waals surface area (Å²) in [6, 6.07) is 0.768. The van der Waals surface area contributed by atoms with Crippen molar-refractivity contribution in [1.29, 1.82) is 0 Å². The van der Waals surface area contributed by atoms with Crippen LogP contribution in [0.2, 0.25) is 0 Å². The highest BCUT2D eigenvalue weighted by molar-refractivity contribution is 5.75. The number of anilines is 1. The maximum absolute atomic E-state index is 12.4. The fourth-order valence-electron chi connectivity index (χ4n) is 1.63. The van der Waals surface area contributed by atoms with E-state index in [-0.39, 0.29) is 37.8 Å². The Bertz CT molecular complexity index is 537. The number of nitrogens with zero attached hydrogens (tertiary/aromatic N) is 2. The Morgan fingerprint density at radius 2 is 1.87 bits per heavy atom. The summed E-state index contributed by atoms with van der Waals surface area (Å²) in [5.74, 6) is -1.33. The lowest BCUT2D eigenvalue weighted by atomic mass is 10.2. The van der Waals surface area contributed by atoms with Crippen molar-refractivity contribution in [2.24, 2.45) is 0 Å². The number of unbranched alkanes of at least 4 members (excludes halogenated alkanes) is 1. The molecule has 0 aliphatic rings. The number of nitrogens with one attached hydrogen (secondary N) is 2. The molecule has 1 heterocycles. The quantitative estimate of drug-likeness (QED) is 0.594. The Morgan fingerprint density at radius 1 is 1.17 bits per heavy atom. The van der Waals surface area contributed by atoms with Crippen LogP contribution in [0, 0.1) is 0 Å². The average Bonchev–Trinajstić information content (AvgIpc) is 2.47. The van der Waals surface area contributed by atoms with Crippen molar-refractivity contribution in [2.45, 2.75) is 31.9 Å². The molecule has 0 saturated carbocycles. The van der Waals surface area contributed by atoms with Crippen LogP contribution in [0.25, 0.3) is 0 Å². The van der Waals surface area contributed by atoms with Crippen molar-refractivity contribution in [3.8, 4) is 0 Å². The van der Waals surface area contributed by atoms with E-state index in [0.717, 1.165) is 12.3 Å². The maximum atomic E-state index is 12.4. The van der Waals surface area contributed by atoms with Crippen molar-refractivity contribution < 1.29 is 27.9 Å². The Hall–Kier alpha value is -2.39. The Kier molecular flexibility index (Phi) is 7.23. The predicted octanol–water partition coefficient (Wildman–Crippen LogP) is 1.67. The summed E-state index contributed by atoms with van der Waals surface area (Å²) >= 11 is 0. The number of carboxylic acids is 1. The minimum atomic E-state index is -4.54. The van der Waals surface area contributed by atoms with Crippen molar-refractivity contribution in [2.75, 3.05) is 18.4 Å². The number of carbonyl (C=O) groups is 2. The molecule has 3 N–H and O–H groups in total. The number of aromatic nitrogens is 2. The zero-order chi connectivity index (χ0) is 17.3. The molecule has 0 fully saturated rings. The summed E-state index contributed by atoms with van der Waals surface area (Å²) in [6.07, 6.45) is -2.45. The standard InChI is InChI=1S/C13H17F3N4O3/c14-13(15,16)9-5-6-18-12(20-9)19-8-7-17-10(21)3-1-2-4-11(22)23/h5-6H,1-4,7-8H2,(H,17,21)(H,22,23)(H,18,19,20). The van der Waals surface area contributed by atoms with Gasteiger partial charge in [0.15, 0.2) is 0 Å². The first kappa shape index (κ1) is 18.7. The van der Waals surface area contributed by atoms with Crippen LogP contribution in [0.1, 0.15) is 31.4 Å². The number of halogens is 3. The van der Waals surface area contributed by atoms with Crippen LogP contribution in [0.4, 0.5) is 19.1 Å². The molecule has 1 aromatic rings. The van der Waals surface area contributed by atoms with Gasteiger partial charge >= 0.3 is 12.1 Å². The number of hydrogen-bond donors (Lipinski definition) is 3. The van der Waals surface area contributed by atoms with E-state index < -0.39 is 17.8 Å². The second-order valence-electron chi connectivity index (χ2n) is 4.64. The van der Waals surface area contributed by atoms with E-state index in [2.05, 4.69) is 20.6 Å². The van der Waals surface area contributed by atoms with Crippen LogP contribution in [0.15, 0.2) is 12.3 Å². The van der Waals surface area contributed by atoms with Gasteiger partial charge in [0.05, 0.1) is 0 Å². The monoisotopic (exact) mass is 334 g/mol. The first-order chi connectivity index (χ1) is 10.8. The molecule has 1 rings (SSSR count). The third kappa shape index (κ3) is 7.98. The molecule has 0 spiro atoms. The third-order valence-electron chi connectivity index (χ3n) is 2.72. The Morgan fingerprint density at radius 3 is 2.52 bits per heavy atom. The van der Waals surface area contributed by atoms with Gasteiger partial charge in [-0.2, -0.15) is 13.2 Å². The largest absolute Gasteiger partial charge is 0.481 e. The van der Waals surface area contributed by atoms with E-state index >= 15 is 0 Å². The van der Waals surface area contributed by atoms with E-state index in [9.17, 15) is 22.8 Å². The van der Waals surface area contributed by atoms with E-state index in [4.69, 9.17) is 5.11 Å².